The molecule has 6 atom stereocenters. The monoisotopic (exact) mass is 760 g/mol. The number of hydrogen-bond donors (Lipinski definition) is 3. The van der Waals surface area contributed by atoms with E-state index in [0.29, 0.717) is 5.52 Å². The van der Waals surface area contributed by atoms with Crippen molar-refractivity contribution in [2.45, 2.75) is 77.4 Å². The Balaban J connectivity index is 1.62. The second-order valence-corrected chi connectivity index (χ2v) is 15.2. The molecule has 0 bridgehead atoms. The molecule has 52 heavy (non-hydrogen) atoms. The molecule has 4 N–H and O–H groups in total. The summed E-state index contributed by atoms with van der Waals surface area (Å²) in [6.07, 6.45) is -2.02. The molecule has 3 heterocycles. The van der Waals surface area contributed by atoms with Crippen molar-refractivity contribution in [3.05, 3.63) is 54.5 Å². The van der Waals surface area contributed by atoms with E-state index >= 15 is 0 Å². The number of aliphatic hydroxyl groups is 1. The zero-order valence-electron chi connectivity index (χ0n) is 29.7. The highest BCUT2D eigenvalue weighted by atomic mass is 32.2. The predicted octanol–water partition coefficient (Wildman–Crippen LogP) is 3.82. The van der Waals surface area contributed by atoms with Crippen molar-refractivity contribution in [2.24, 2.45) is 11.8 Å². The van der Waals surface area contributed by atoms with Crippen molar-refractivity contribution < 1.29 is 47.3 Å². The fourth-order valence-corrected chi connectivity index (χ4v) is 7.66. The van der Waals surface area contributed by atoms with Crippen LogP contribution in [0.15, 0.2) is 48.8 Å². The number of aromatic nitrogens is 3. The first-order valence-electron chi connectivity index (χ1n) is 16.9. The first-order chi connectivity index (χ1) is 24.8. The van der Waals surface area contributed by atoms with Crippen molar-refractivity contribution in [3.8, 4) is 11.8 Å². The number of nitriles is 1. The van der Waals surface area contributed by atoms with Gasteiger partial charge in [0.15, 0.2) is 11.9 Å². The Bertz CT molecular complexity index is 1780. The van der Waals surface area contributed by atoms with Gasteiger partial charge in [-0.3, -0.25) is 18.9 Å². The zero-order chi connectivity index (χ0) is 38.1. The van der Waals surface area contributed by atoms with Crippen LogP contribution in [0, 0.1) is 23.2 Å². The van der Waals surface area contributed by atoms with Crippen molar-refractivity contribution in [3.63, 3.8) is 0 Å². The van der Waals surface area contributed by atoms with Crippen molar-refractivity contribution in [1.29, 1.82) is 5.26 Å². The molecule has 0 unspecified atom stereocenters. The van der Waals surface area contributed by atoms with E-state index in [0.717, 1.165) is 30.9 Å². The van der Waals surface area contributed by atoms with Crippen LogP contribution >= 0.6 is 19.5 Å². The highest BCUT2D eigenvalue weighted by Gasteiger charge is 2.60. The molecule has 18 heteroatoms. The Labute approximate surface area is 306 Å². The number of esters is 2. The van der Waals surface area contributed by atoms with Gasteiger partial charge in [-0.25, -0.2) is 14.1 Å². The van der Waals surface area contributed by atoms with Crippen LogP contribution in [0.1, 0.15) is 53.2 Å². The highest BCUT2D eigenvalue weighted by Crippen LogP contribution is 2.48. The number of ketones is 1. The summed E-state index contributed by atoms with van der Waals surface area (Å²) in [7, 11) is -4.46. The number of thioether (sulfide) groups is 1. The molecule has 0 saturated carbocycles. The first kappa shape index (κ1) is 40.7. The Morgan fingerprint density at radius 2 is 1.87 bits per heavy atom. The summed E-state index contributed by atoms with van der Waals surface area (Å²) < 4.78 is 44.5. The summed E-state index contributed by atoms with van der Waals surface area (Å²) >= 11 is 1.03. The fourth-order valence-electron chi connectivity index (χ4n) is 5.28. The molecule has 1 aromatic carbocycles. The van der Waals surface area contributed by atoms with Crippen molar-refractivity contribution in [2.75, 3.05) is 30.5 Å². The van der Waals surface area contributed by atoms with Gasteiger partial charge >= 0.3 is 19.7 Å². The molecular formula is C34H45N6O10PS. The van der Waals surface area contributed by atoms with Crippen molar-refractivity contribution in [1.82, 2.24) is 19.7 Å². The maximum atomic E-state index is 14.3. The molecule has 0 aliphatic carbocycles. The van der Waals surface area contributed by atoms with Gasteiger partial charge in [-0.15, -0.1) is 11.8 Å². The van der Waals surface area contributed by atoms with E-state index < -0.39 is 56.2 Å². The van der Waals surface area contributed by atoms with Gasteiger partial charge in [0.25, 0.3) is 0 Å². The van der Waals surface area contributed by atoms with Gasteiger partial charge in [0.1, 0.15) is 47.7 Å². The van der Waals surface area contributed by atoms with E-state index in [-0.39, 0.29) is 53.0 Å². The minimum atomic E-state index is -4.46. The van der Waals surface area contributed by atoms with Crippen LogP contribution in [0.3, 0.4) is 0 Å². The molecule has 1 saturated heterocycles. The average Bonchev–Trinajstić information content (AvgIpc) is 3.68. The summed E-state index contributed by atoms with van der Waals surface area (Å²) in [5.41, 5.74) is 4.17. The van der Waals surface area contributed by atoms with Gasteiger partial charge in [0.2, 0.25) is 5.60 Å². The van der Waals surface area contributed by atoms with E-state index in [1.807, 2.05) is 19.9 Å². The summed E-state index contributed by atoms with van der Waals surface area (Å²) in [6.45, 7) is 8.42. The minimum Gasteiger partial charge on any atom is -0.464 e. The van der Waals surface area contributed by atoms with Crippen LogP contribution < -0.4 is 15.3 Å². The number of para-hydroxylation sites is 1. The van der Waals surface area contributed by atoms with Crippen LogP contribution in [-0.2, 0) is 43.3 Å². The van der Waals surface area contributed by atoms with Gasteiger partial charge in [-0.2, -0.15) is 15.4 Å². The summed E-state index contributed by atoms with van der Waals surface area (Å²) in [4.78, 5) is 42.0. The standard InChI is InChI=1S/C34H45N6O10PS/c1-6-23(7-2)15-46-33(44)22(5)39-51(45,50-24-11-9-8-10-12-24)47-16-27-30(48-29(42)18-52-17-26(41)21(3)4)31(43)34(19-35,49-27)28-14-13-25-32(36)37-20-38-40(25)28/h8-14,20-23,27,30-31,43H,6-7,15-18H2,1-5H3,(H,39,45)(H2,36,37,38)/t22-,27+,30+,31+,34-,51-/m0/s1. The number of rotatable bonds is 19. The Morgan fingerprint density at radius 3 is 2.52 bits per heavy atom. The lowest BCUT2D eigenvalue weighted by Gasteiger charge is -2.26. The number of ether oxygens (including phenoxy) is 3. The Hall–Kier alpha value is -4.04. The lowest BCUT2D eigenvalue weighted by molar-refractivity contribution is -0.153. The summed E-state index contributed by atoms with van der Waals surface area (Å²) in [5.74, 6) is -1.59. The number of nitrogens with two attached hydrogens (primary N) is 1. The van der Waals surface area contributed by atoms with Gasteiger partial charge in [0.05, 0.1) is 30.4 Å². The molecule has 1 aliphatic heterocycles. The van der Waals surface area contributed by atoms with Crippen LogP contribution in [0.2, 0.25) is 0 Å². The molecule has 0 spiro atoms. The number of Topliss-reactive ketones (excluding diaryl/α,β-unsaturated/α-hetero) is 1. The first-order valence-corrected chi connectivity index (χ1v) is 19.6. The SMILES string of the molecule is CCC(CC)COC(=O)[C@H](C)N[P@](=O)(OC[C@H]1O[C@@](C#N)(c2ccc3c(N)ncnn23)[C@H](O)[C@@H]1OC(=O)CSCC(=O)C(C)C)Oc1ccccc1. The van der Waals surface area contributed by atoms with E-state index in [4.69, 9.17) is 29.0 Å². The molecular weight excluding hydrogens is 715 g/mol. The maximum Gasteiger partial charge on any atom is 0.459 e. The van der Waals surface area contributed by atoms with E-state index in [9.17, 15) is 29.3 Å². The fraction of sp³-hybridized carbons (Fsp3) is 0.529. The maximum absolute atomic E-state index is 14.3. The van der Waals surface area contributed by atoms with Gasteiger partial charge in [-0.1, -0.05) is 58.7 Å². The average molecular weight is 761 g/mol. The molecule has 16 nitrogen and oxygen atoms in total. The molecule has 1 fully saturated rings. The molecule has 1 aliphatic rings. The van der Waals surface area contributed by atoms with E-state index in [1.165, 1.54) is 35.7 Å². The van der Waals surface area contributed by atoms with E-state index in [1.54, 1.807) is 32.0 Å². The quantitative estimate of drug-likeness (QED) is 0.117. The molecule has 0 amide bonds. The number of hydrogen-bond acceptors (Lipinski definition) is 15. The number of nitrogen functional groups attached to an aromatic ring is 1. The number of carbonyl (C=O) groups is 3. The lowest BCUT2D eigenvalue weighted by atomic mass is 9.92. The number of anilines is 1. The topological polar surface area (TPSA) is 227 Å². The minimum absolute atomic E-state index is 0.0442. The van der Waals surface area contributed by atoms with Crippen LogP contribution in [0.4, 0.5) is 5.82 Å². The number of aliphatic hydroxyl groups excluding tert-OH is 1. The van der Waals surface area contributed by atoms with E-state index in [2.05, 4.69) is 15.2 Å². The van der Waals surface area contributed by atoms with Crippen LogP contribution in [-0.4, -0.2) is 86.5 Å². The third kappa shape index (κ3) is 9.68. The highest BCUT2D eigenvalue weighted by molar-refractivity contribution is 8.00. The summed E-state index contributed by atoms with van der Waals surface area (Å²) in [6, 6.07) is 11.9. The summed E-state index contributed by atoms with van der Waals surface area (Å²) in [5, 5.41) is 29.1. The number of benzene rings is 1. The number of nitrogens with zero attached hydrogens (tertiary/aromatic N) is 4. The van der Waals surface area contributed by atoms with Crippen LogP contribution in [0.5, 0.6) is 5.75 Å². The van der Waals surface area contributed by atoms with Crippen LogP contribution in [0.25, 0.3) is 5.52 Å². The van der Waals surface area contributed by atoms with Gasteiger partial charge in [-0.05, 0) is 37.1 Å². The van der Waals surface area contributed by atoms with Gasteiger partial charge < -0.3 is 29.6 Å². The second-order valence-electron chi connectivity index (χ2n) is 12.5. The number of fused-ring (bicyclic) bond motifs is 1. The third-order valence-electron chi connectivity index (χ3n) is 8.53. The molecule has 282 valence electrons. The smallest absolute Gasteiger partial charge is 0.459 e. The van der Waals surface area contributed by atoms with Gasteiger partial charge in [0, 0.05) is 5.92 Å². The number of nitrogens with one attached hydrogen (secondary N) is 1. The zero-order valence-corrected chi connectivity index (χ0v) is 31.4. The normalized spacial score (nSPS) is 21.8. The molecule has 4 rings (SSSR count). The Kier molecular flexibility index (Phi) is 14.2. The predicted molar refractivity (Wildman–Crippen MR) is 191 cm³/mol. The second kappa shape index (κ2) is 18.1. The number of carbonyl (C=O) groups excluding carboxylic acids is 3. The molecule has 3 aromatic rings. The van der Waals surface area contributed by atoms with Crippen molar-refractivity contribution >= 4 is 48.6 Å². The lowest BCUT2D eigenvalue weighted by Crippen LogP contribution is -2.43. The third-order valence-corrected chi connectivity index (χ3v) is 11.1. The Morgan fingerprint density at radius 1 is 1.15 bits per heavy atom. The molecule has 2 aromatic heterocycles. The molecule has 0 radical (unpaired) electrons. The largest absolute Gasteiger partial charge is 0.464 e.